The Balaban J connectivity index is 3.95. The number of rotatable bonds is 1. The summed E-state index contributed by atoms with van der Waals surface area (Å²) in [7, 11) is 0. The molecule has 1 amide bonds. The van der Waals surface area contributed by atoms with Gasteiger partial charge < -0.3 is 4.74 Å². The van der Waals surface area contributed by atoms with E-state index in [2.05, 4.69) is 14.8 Å². The minimum Gasteiger partial charge on any atom is -0.460 e. The molecule has 6 heteroatoms. The van der Waals surface area contributed by atoms with Crippen LogP contribution in [0, 0.1) is 0 Å². The Hall–Kier alpha value is -1.55. The third kappa shape index (κ3) is 2.68. The van der Waals surface area contributed by atoms with Gasteiger partial charge in [-0.1, -0.05) is 0 Å². The van der Waals surface area contributed by atoms with Crippen LogP contribution in [-0.2, 0) is 14.3 Å². The molecule has 0 rings (SSSR count). The molecule has 0 aromatic rings. The van der Waals surface area contributed by atoms with Crippen molar-refractivity contribution in [2.75, 3.05) is 6.61 Å². The number of amides is 1. The molecule has 0 aromatic carbocycles. The van der Waals surface area contributed by atoms with Crippen molar-refractivity contribution in [2.45, 2.75) is 6.92 Å². The van der Waals surface area contributed by atoms with Crippen molar-refractivity contribution in [2.24, 2.45) is 5.11 Å². The van der Waals surface area contributed by atoms with Gasteiger partial charge in [-0.15, -0.1) is 0 Å². The lowest BCUT2D eigenvalue weighted by Gasteiger charge is -1.93. The van der Waals surface area contributed by atoms with Crippen LogP contribution < -0.4 is 0 Å². The number of esters is 1. The van der Waals surface area contributed by atoms with Gasteiger partial charge in [0.15, 0.2) is 0 Å². The van der Waals surface area contributed by atoms with Crippen molar-refractivity contribution in [1.82, 2.24) is 0 Å². The lowest BCUT2D eigenvalue weighted by atomic mass is 10.6. The van der Waals surface area contributed by atoms with E-state index in [4.69, 9.17) is 5.53 Å². The van der Waals surface area contributed by atoms with E-state index in [-0.39, 0.29) is 6.61 Å². The van der Waals surface area contributed by atoms with E-state index in [0.717, 1.165) is 0 Å². The van der Waals surface area contributed by atoms with E-state index in [1.54, 1.807) is 6.92 Å². The lowest BCUT2D eigenvalue weighted by molar-refractivity contribution is -0.152. The highest BCUT2D eigenvalue weighted by Gasteiger charge is 2.10. The van der Waals surface area contributed by atoms with Gasteiger partial charge in [-0.2, -0.15) is 0 Å². The van der Waals surface area contributed by atoms with Gasteiger partial charge >= 0.3 is 11.9 Å². The largest absolute Gasteiger partial charge is 0.460 e. The van der Waals surface area contributed by atoms with E-state index in [1.807, 2.05) is 0 Å². The van der Waals surface area contributed by atoms with Crippen molar-refractivity contribution in [3.05, 3.63) is 10.4 Å². The molecule has 0 fully saturated rings. The number of hydrogen-bond donors (Lipinski definition) is 0. The molecule has 0 aliphatic rings. The Labute approximate surface area is 56.4 Å². The molecule has 6 nitrogen and oxygen atoms in total. The minimum atomic E-state index is -1.22. The van der Waals surface area contributed by atoms with Crippen LogP contribution in [0.2, 0.25) is 0 Å². The molecule has 0 aromatic heterocycles. The number of nitrogens with zero attached hydrogens (tertiary/aromatic N) is 3. The summed E-state index contributed by atoms with van der Waals surface area (Å²) in [6.07, 6.45) is 0. The van der Waals surface area contributed by atoms with Gasteiger partial charge in [0, 0.05) is 4.91 Å². The fourth-order valence-electron chi connectivity index (χ4n) is 0.274. The summed E-state index contributed by atoms with van der Waals surface area (Å²) in [5.74, 6) is -2.34. The molecule has 0 atom stereocenters. The Bertz CT molecular complexity index is 194. The van der Waals surface area contributed by atoms with Gasteiger partial charge in [0.05, 0.1) is 6.61 Å². The lowest BCUT2D eigenvalue weighted by Crippen LogP contribution is -2.13. The maximum atomic E-state index is 10.3. The SMILES string of the molecule is CCOC(=O)C(=O)N=[N+]=[N-]. The highest BCUT2D eigenvalue weighted by Crippen LogP contribution is 1.82. The second-order valence-electron chi connectivity index (χ2n) is 1.22. The standard InChI is InChI=1S/C4H5N3O3/c1-2-10-4(9)3(8)6-7-5/h2H2,1H3. The van der Waals surface area contributed by atoms with Gasteiger partial charge in [0.2, 0.25) is 0 Å². The highest BCUT2D eigenvalue weighted by atomic mass is 16.5. The summed E-state index contributed by atoms with van der Waals surface area (Å²) in [4.78, 5) is 22.6. The van der Waals surface area contributed by atoms with Crippen molar-refractivity contribution >= 4 is 11.9 Å². The minimum absolute atomic E-state index is 0.0888. The Morgan fingerprint density at radius 2 is 2.30 bits per heavy atom. The highest BCUT2D eigenvalue weighted by molar-refractivity contribution is 6.32. The molecular formula is C4H5N3O3. The van der Waals surface area contributed by atoms with Crippen LogP contribution in [0.25, 0.3) is 10.4 Å². The summed E-state index contributed by atoms with van der Waals surface area (Å²) >= 11 is 0. The Morgan fingerprint density at radius 3 is 2.70 bits per heavy atom. The number of ether oxygens (including phenoxy) is 1. The smallest absolute Gasteiger partial charge is 0.381 e. The molecule has 10 heavy (non-hydrogen) atoms. The molecular weight excluding hydrogens is 138 g/mol. The van der Waals surface area contributed by atoms with Crippen LogP contribution in [0.4, 0.5) is 0 Å². The molecule has 54 valence electrons. The predicted octanol–water partition coefficient (Wildman–Crippen LogP) is 0.386. The predicted molar refractivity (Wildman–Crippen MR) is 30.8 cm³/mol. The molecule has 0 heterocycles. The third-order valence-corrected chi connectivity index (χ3v) is 0.586. The monoisotopic (exact) mass is 143 g/mol. The number of hydrogen-bond acceptors (Lipinski definition) is 3. The molecule has 0 bridgehead atoms. The maximum Gasteiger partial charge on any atom is 0.381 e. The Kier molecular flexibility index (Phi) is 3.67. The van der Waals surface area contributed by atoms with Gasteiger partial charge in [0.1, 0.15) is 0 Å². The molecule has 0 saturated heterocycles. The van der Waals surface area contributed by atoms with Crippen LogP contribution in [-0.4, -0.2) is 18.5 Å². The first-order valence-electron chi connectivity index (χ1n) is 2.48. The average molecular weight is 143 g/mol. The fraction of sp³-hybridized carbons (Fsp3) is 0.500. The van der Waals surface area contributed by atoms with E-state index >= 15 is 0 Å². The third-order valence-electron chi connectivity index (χ3n) is 0.586. The summed E-state index contributed by atoms with van der Waals surface area (Å²) < 4.78 is 4.20. The molecule has 0 aliphatic carbocycles. The van der Waals surface area contributed by atoms with Crippen molar-refractivity contribution in [1.29, 1.82) is 0 Å². The van der Waals surface area contributed by atoms with Crippen LogP contribution in [0.3, 0.4) is 0 Å². The summed E-state index contributed by atoms with van der Waals surface area (Å²) in [5, 5.41) is 2.51. The first kappa shape index (κ1) is 8.45. The van der Waals surface area contributed by atoms with E-state index in [9.17, 15) is 9.59 Å². The van der Waals surface area contributed by atoms with Crippen LogP contribution in [0.15, 0.2) is 5.11 Å². The van der Waals surface area contributed by atoms with Crippen molar-refractivity contribution in [3.63, 3.8) is 0 Å². The number of carbonyl (C=O) groups excluding carboxylic acids is 2. The number of azide groups is 1. The van der Waals surface area contributed by atoms with Gasteiger partial charge in [-0.05, 0) is 17.6 Å². The second kappa shape index (κ2) is 4.34. The van der Waals surface area contributed by atoms with Gasteiger partial charge in [-0.25, -0.2) is 4.79 Å². The molecule has 0 radical (unpaired) electrons. The summed E-state index contributed by atoms with van der Waals surface area (Å²) in [6.45, 7) is 1.63. The maximum absolute atomic E-state index is 10.3. The first-order chi connectivity index (χ1) is 4.72. The molecule has 0 spiro atoms. The second-order valence-corrected chi connectivity index (χ2v) is 1.22. The zero-order chi connectivity index (χ0) is 7.98. The van der Waals surface area contributed by atoms with E-state index in [0.29, 0.717) is 0 Å². The number of carbonyl (C=O) groups is 2. The van der Waals surface area contributed by atoms with Crippen molar-refractivity contribution < 1.29 is 14.3 Å². The topological polar surface area (TPSA) is 92.1 Å². The van der Waals surface area contributed by atoms with Crippen LogP contribution >= 0.6 is 0 Å². The Morgan fingerprint density at radius 1 is 1.70 bits per heavy atom. The normalized spacial score (nSPS) is 7.70. The molecule has 0 unspecified atom stereocenters. The molecule has 0 aliphatic heterocycles. The zero-order valence-corrected chi connectivity index (χ0v) is 5.27. The fourth-order valence-corrected chi connectivity index (χ4v) is 0.274. The van der Waals surface area contributed by atoms with Crippen LogP contribution in [0.1, 0.15) is 6.92 Å². The van der Waals surface area contributed by atoms with Gasteiger partial charge in [-0.3, -0.25) is 4.79 Å². The average Bonchev–Trinajstić information content (AvgIpc) is 1.89. The van der Waals surface area contributed by atoms with Crippen molar-refractivity contribution in [3.8, 4) is 0 Å². The van der Waals surface area contributed by atoms with Crippen LogP contribution in [0.5, 0.6) is 0 Å². The summed E-state index contributed by atoms with van der Waals surface area (Å²) in [5.41, 5.74) is 7.68. The quantitative estimate of drug-likeness (QED) is 0.175. The molecule has 0 N–H and O–H groups in total. The zero-order valence-electron chi connectivity index (χ0n) is 5.27. The van der Waals surface area contributed by atoms with Gasteiger partial charge in [0.25, 0.3) is 0 Å². The first-order valence-corrected chi connectivity index (χ1v) is 2.48. The molecule has 0 saturated carbocycles. The van der Waals surface area contributed by atoms with E-state index < -0.39 is 11.9 Å². The summed E-state index contributed by atoms with van der Waals surface area (Å²) in [6, 6.07) is 0. The van der Waals surface area contributed by atoms with E-state index in [1.165, 1.54) is 0 Å².